The largest absolute Gasteiger partial charge is 0.323 e. The summed E-state index contributed by atoms with van der Waals surface area (Å²) in [6.07, 6.45) is 0.987. The Labute approximate surface area is 134 Å². The predicted molar refractivity (Wildman–Crippen MR) is 89.8 cm³/mol. The monoisotopic (exact) mass is 325 g/mol. The van der Waals surface area contributed by atoms with Crippen molar-refractivity contribution in [3.63, 3.8) is 0 Å². The van der Waals surface area contributed by atoms with Crippen molar-refractivity contribution in [2.24, 2.45) is 5.73 Å². The van der Waals surface area contributed by atoms with E-state index in [1.165, 1.54) is 0 Å². The standard InChI is InChI=1S/C16H17Cl2NS/c1-2-15(16(19)11-6-4-3-5-7-11)20-12-8-9-13(17)14(18)10-12/h3-10,15-16H,2,19H2,1H3. The lowest BCUT2D eigenvalue weighted by molar-refractivity contribution is 0.656. The first-order chi connectivity index (χ1) is 9.61. The third kappa shape index (κ3) is 3.92. The molecule has 20 heavy (non-hydrogen) atoms. The third-order valence-corrected chi connectivity index (χ3v) is 5.36. The van der Waals surface area contributed by atoms with Gasteiger partial charge in [-0.15, -0.1) is 11.8 Å². The van der Waals surface area contributed by atoms with Crippen LogP contribution in [0.3, 0.4) is 0 Å². The fraction of sp³-hybridized carbons (Fsp3) is 0.250. The third-order valence-electron chi connectivity index (χ3n) is 3.17. The van der Waals surface area contributed by atoms with E-state index < -0.39 is 0 Å². The Hall–Kier alpha value is -0.670. The van der Waals surface area contributed by atoms with Crippen molar-refractivity contribution < 1.29 is 0 Å². The summed E-state index contributed by atoms with van der Waals surface area (Å²) in [5, 5.41) is 1.46. The summed E-state index contributed by atoms with van der Waals surface area (Å²) in [5.41, 5.74) is 7.54. The Kier molecular flexibility index (Phi) is 5.79. The van der Waals surface area contributed by atoms with Crippen molar-refractivity contribution >= 4 is 35.0 Å². The summed E-state index contributed by atoms with van der Waals surface area (Å²) < 4.78 is 0. The lowest BCUT2D eigenvalue weighted by Gasteiger charge is -2.22. The van der Waals surface area contributed by atoms with Crippen LogP contribution in [-0.2, 0) is 0 Å². The van der Waals surface area contributed by atoms with Gasteiger partial charge in [-0.2, -0.15) is 0 Å². The molecule has 0 radical (unpaired) electrons. The molecule has 0 spiro atoms. The van der Waals surface area contributed by atoms with E-state index in [0.29, 0.717) is 15.3 Å². The lowest BCUT2D eigenvalue weighted by atomic mass is 10.0. The highest BCUT2D eigenvalue weighted by atomic mass is 35.5. The van der Waals surface area contributed by atoms with Gasteiger partial charge in [0, 0.05) is 16.2 Å². The Morgan fingerprint density at radius 2 is 1.75 bits per heavy atom. The summed E-state index contributed by atoms with van der Waals surface area (Å²) >= 11 is 13.8. The zero-order valence-electron chi connectivity index (χ0n) is 11.2. The molecule has 0 amide bonds. The molecule has 0 saturated carbocycles. The van der Waals surface area contributed by atoms with Gasteiger partial charge in [0.1, 0.15) is 0 Å². The molecule has 2 unspecified atom stereocenters. The van der Waals surface area contributed by atoms with E-state index in [9.17, 15) is 0 Å². The molecule has 106 valence electrons. The number of nitrogens with two attached hydrogens (primary N) is 1. The SMILES string of the molecule is CCC(Sc1ccc(Cl)c(Cl)c1)C(N)c1ccccc1. The van der Waals surface area contributed by atoms with Crippen LogP contribution in [0.1, 0.15) is 24.9 Å². The van der Waals surface area contributed by atoms with E-state index in [0.717, 1.165) is 16.9 Å². The normalized spacial score (nSPS) is 14.0. The van der Waals surface area contributed by atoms with Crippen molar-refractivity contribution in [3.05, 3.63) is 64.1 Å². The van der Waals surface area contributed by atoms with E-state index in [1.807, 2.05) is 36.4 Å². The highest BCUT2D eigenvalue weighted by Crippen LogP contribution is 2.35. The van der Waals surface area contributed by atoms with Gasteiger partial charge in [-0.3, -0.25) is 0 Å². The van der Waals surface area contributed by atoms with Crippen LogP contribution in [-0.4, -0.2) is 5.25 Å². The number of hydrogen-bond donors (Lipinski definition) is 1. The van der Waals surface area contributed by atoms with E-state index in [2.05, 4.69) is 19.1 Å². The molecule has 0 aromatic heterocycles. The number of rotatable bonds is 5. The van der Waals surface area contributed by atoms with E-state index in [4.69, 9.17) is 28.9 Å². The van der Waals surface area contributed by atoms with Crippen LogP contribution in [0.15, 0.2) is 53.4 Å². The fourth-order valence-corrected chi connectivity index (χ4v) is 3.54. The molecule has 2 aromatic rings. The Morgan fingerprint density at radius 1 is 1.05 bits per heavy atom. The smallest absolute Gasteiger partial charge is 0.0603 e. The average molecular weight is 326 g/mol. The maximum Gasteiger partial charge on any atom is 0.0603 e. The Bertz CT molecular complexity index is 560. The number of halogens is 2. The van der Waals surface area contributed by atoms with Gasteiger partial charge in [0.15, 0.2) is 0 Å². The van der Waals surface area contributed by atoms with Gasteiger partial charge in [0.05, 0.1) is 10.0 Å². The van der Waals surface area contributed by atoms with E-state index in [-0.39, 0.29) is 6.04 Å². The van der Waals surface area contributed by atoms with Crippen LogP contribution in [0.5, 0.6) is 0 Å². The van der Waals surface area contributed by atoms with Crippen LogP contribution in [0.2, 0.25) is 10.0 Å². The molecule has 4 heteroatoms. The minimum Gasteiger partial charge on any atom is -0.323 e. The maximum atomic E-state index is 6.39. The molecule has 2 atom stereocenters. The van der Waals surface area contributed by atoms with E-state index >= 15 is 0 Å². The molecule has 0 saturated heterocycles. The summed E-state index contributed by atoms with van der Waals surface area (Å²) in [5.74, 6) is 0. The predicted octanol–water partition coefficient (Wildman–Crippen LogP) is 5.56. The van der Waals surface area contributed by atoms with Gasteiger partial charge in [0.25, 0.3) is 0 Å². The molecule has 0 aliphatic carbocycles. The fourth-order valence-electron chi connectivity index (χ4n) is 2.03. The van der Waals surface area contributed by atoms with E-state index in [1.54, 1.807) is 11.8 Å². The summed E-state index contributed by atoms with van der Waals surface area (Å²) in [4.78, 5) is 1.10. The van der Waals surface area contributed by atoms with Crippen molar-refractivity contribution in [1.82, 2.24) is 0 Å². The summed E-state index contributed by atoms with van der Waals surface area (Å²) in [6.45, 7) is 2.15. The zero-order chi connectivity index (χ0) is 14.5. The molecule has 2 N–H and O–H groups in total. The first-order valence-corrected chi connectivity index (χ1v) is 8.17. The average Bonchev–Trinajstić information content (AvgIpc) is 2.48. The zero-order valence-corrected chi connectivity index (χ0v) is 13.6. The number of hydrogen-bond acceptors (Lipinski definition) is 2. The molecule has 0 aliphatic heterocycles. The Morgan fingerprint density at radius 3 is 2.35 bits per heavy atom. The second-order valence-corrected chi connectivity index (χ2v) is 6.70. The number of benzene rings is 2. The first kappa shape index (κ1) is 15.7. The van der Waals surface area contributed by atoms with Gasteiger partial charge in [0.2, 0.25) is 0 Å². The minimum atomic E-state index is 0.000605. The van der Waals surface area contributed by atoms with Crippen molar-refractivity contribution in [1.29, 1.82) is 0 Å². The molecule has 0 aliphatic rings. The second kappa shape index (κ2) is 7.37. The van der Waals surface area contributed by atoms with Gasteiger partial charge in [-0.25, -0.2) is 0 Å². The molecule has 0 heterocycles. The van der Waals surface area contributed by atoms with Crippen LogP contribution >= 0.6 is 35.0 Å². The van der Waals surface area contributed by atoms with Gasteiger partial charge in [-0.1, -0.05) is 60.5 Å². The molecule has 0 fully saturated rings. The van der Waals surface area contributed by atoms with Gasteiger partial charge in [-0.05, 0) is 30.2 Å². The van der Waals surface area contributed by atoms with Crippen LogP contribution < -0.4 is 5.73 Å². The summed E-state index contributed by atoms with van der Waals surface area (Å²) in [6, 6.07) is 15.9. The molecular weight excluding hydrogens is 309 g/mol. The van der Waals surface area contributed by atoms with Gasteiger partial charge >= 0.3 is 0 Å². The Balaban J connectivity index is 2.14. The number of thioether (sulfide) groups is 1. The van der Waals surface area contributed by atoms with Gasteiger partial charge < -0.3 is 5.73 Å². The molecule has 2 rings (SSSR count). The highest BCUT2D eigenvalue weighted by Gasteiger charge is 2.19. The second-order valence-electron chi connectivity index (χ2n) is 4.58. The summed E-state index contributed by atoms with van der Waals surface area (Å²) in [7, 11) is 0. The lowest BCUT2D eigenvalue weighted by Crippen LogP contribution is -2.23. The maximum absolute atomic E-state index is 6.39. The van der Waals surface area contributed by atoms with Crippen LogP contribution in [0.4, 0.5) is 0 Å². The first-order valence-electron chi connectivity index (χ1n) is 6.54. The topological polar surface area (TPSA) is 26.0 Å². The van der Waals surface area contributed by atoms with Crippen LogP contribution in [0, 0.1) is 0 Å². The molecule has 1 nitrogen and oxygen atoms in total. The van der Waals surface area contributed by atoms with Crippen molar-refractivity contribution in [2.45, 2.75) is 29.5 Å². The highest BCUT2D eigenvalue weighted by molar-refractivity contribution is 8.00. The molecule has 2 aromatic carbocycles. The molecular formula is C16H17Cl2NS. The minimum absolute atomic E-state index is 0.000605. The van der Waals surface area contributed by atoms with Crippen molar-refractivity contribution in [3.8, 4) is 0 Å². The van der Waals surface area contributed by atoms with Crippen LogP contribution in [0.25, 0.3) is 0 Å². The van der Waals surface area contributed by atoms with Crippen molar-refractivity contribution in [2.75, 3.05) is 0 Å². The quantitative estimate of drug-likeness (QED) is 0.728. The molecule has 0 bridgehead atoms.